The van der Waals surface area contributed by atoms with E-state index in [1.165, 1.54) is 0 Å². The van der Waals surface area contributed by atoms with Gasteiger partial charge in [-0.25, -0.2) is 0 Å². The van der Waals surface area contributed by atoms with E-state index in [4.69, 9.17) is 5.73 Å². The van der Waals surface area contributed by atoms with Gasteiger partial charge in [0.1, 0.15) is 0 Å². The second-order valence-electron chi connectivity index (χ2n) is 7.79. The Bertz CT molecular complexity index is 312. The topological polar surface area (TPSA) is 49.6 Å². The Labute approximate surface area is 131 Å². The third kappa shape index (κ3) is 6.35. The predicted molar refractivity (Wildman–Crippen MR) is 89.1 cm³/mol. The first-order chi connectivity index (χ1) is 9.76. The third-order valence-electron chi connectivity index (χ3n) is 4.41. The number of hydrogen-bond acceptors (Lipinski definition) is 3. The summed E-state index contributed by atoms with van der Waals surface area (Å²) in [7, 11) is 0. The van der Waals surface area contributed by atoms with Crippen LogP contribution in [0.15, 0.2) is 0 Å². The quantitative estimate of drug-likeness (QED) is 0.818. The molecule has 2 N–H and O–H groups in total. The average molecular weight is 297 g/mol. The second-order valence-corrected chi connectivity index (χ2v) is 7.79. The molecule has 0 radical (unpaired) electrons. The molecule has 124 valence electrons. The minimum absolute atomic E-state index is 0.299. The lowest BCUT2D eigenvalue weighted by Gasteiger charge is -2.39. The molecule has 2 atom stereocenters. The number of carbonyl (C=O) groups excluding carboxylic acids is 1. The Kier molecular flexibility index (Phi) is 7.14. The van der Waals surface area contributed by atoms with Crippen LogP contribution in [0.3, 0.4) is 0 Å². The van der Waals surface area contributed by atoms with E-state index in [-0.39, 0.29) is 0 Å². The van der Waals surface area contributed by atoms with Crippen molar-refractivity contribution in [1.29, 1.82) is 0 Å². The molecule has 0 spiro atoms. The van der Waals surface area contributed by atoms with Crippen molar-refractivity contribution in [3.05, 3.63) is 0 Å². The molecular weight excluding hydrogens is 262 g/mol. The van der Waals surface area contributed by atoms with Gasteiger partial charge >= 0.3 is 0 Å². The summed E-state index contributed by atoms with van der Waals surface area (Å²) in [5.41, 5.74) is 6.11. The third-order valence-corrected chi connectivity index (χ3v) is 4.41. The Morgan fingerprint density at radius 1 is 1.19 bits per heavy atom. The lowest BCUT2D eigenvalue weighted by Crippen LogP contribution is -2.53. The van der Waals surface area contributed by atoms with Crippen molar-refractivity contribution < 1.29 is 4.79 Å². The van der Waals surface area contributed by atoms with Gasteiger partial charge in [0, 0.05) is 45.2 Å². The summed E-state index contributed by atoms with van der Waals surface area (Å²) in [4.78, 5) is 16.9. The fourth-order valence-corrected chi connectivity index (χ4v) is 3.46. The molecule has 4 nitrogen and oxygen atoms in total. The smallest absolute Gasteiger partial charge is 0.222 e. The summed E-state index contributed by atoms with van der Waals surface area (Å²) in [6, 6.07) is 0.474. The summed E-state index contributed by atoms with van der Waals surface area (Å²) in [5.74, 6) is 0.787. The van der Waals surface area contributed by atoms with Crippen molar-refractivity contribution in [2.24, 2.45) is 17.1 Å². The Balaban J connectivity index is 2.38. The number of carbonyl (C=O) groups is 1. The molecule has 0 saturated carbocycles. The molecule has 0 bridgehead atoms. The van der Waals surface area contributed by atoms with Crippen molar-refractivity contribution in [3.8, 4) is 0 Å². The zero-order valence-electron chi connectivity index (χ0n) is 14.7. The Morgan fingerprint density at radius 3 is 2.19 bits per heavy atom. The lowest BCUT2D eigenvalue weighted by molar-refractivity contribution is -0.134. The highest BCUT2D eigenvalue weighted by molar-refractivity contribution is 5.76. The second kappa shape index (κ2) is 8.14. The van der Waals surface area contributed by atoms with Gasteiger partial charge in [-0.1, -0.05) is 34.6 Å². The van der Waals surface area contributed by atoms with Gasteiger partial charge in [-0.3, -0.25) is 9.69 Å². The number of nitrogens with two attached hydrogens (primary N) is 1. The molecule has 1 amide bonds. The minimum atomic E-state index is 0.299. The maximum atomic E-state index is 12.4. The van der Waals surface area contributed by atoms with Crippen molar-refractivity contribution >= 4 is 5.91 Å². The van der Waals surface area contributed by atoms with Crippen LogP contribution in [0.2, 0.25) is 0 Å². The highest BCUT2D eigenvalue weighted by Crippen LogP contribution is 2.26. The SMILES string of the molecule is CCC(CN)N1CCN(C(=O)CC(C)CC(C)(C)C)CC1. The highest BCUT2D eigenvalue weighted by atomic mass is 16.2. The van der Waals surface area contributed by atoms with Gasteiger partial charge in [-0.15, -0.1) is 0 Å². The van der Waals surface area contributed by atoms with Gasteiger partial charge in [0.25, 0.3) is 0 Å². The first kappa shape index (κ1) is 18.4. The first-order valence-corrected chi connectivity index (χ1v) is 8.48. The van der Waals surface area contributed by atoms with Gasteiger partial charge < -0.3 is 10.6 Å². The zero-order chi connectivity index (χ0) is 16.0. The Hall–Kier alpha value is -0.610. The van der Waals surface area contributed by atoms with Gasteiger partial charge in [0.05, 0.1) is 0 Å². The van der Waals surface area contributed by atoms with Gasteiger partial charge in [0.15, 0.2) is 0 Å². The molecule has 2 unspecified atom stereocenters. The van der Waals surface area contributed by atoms with Crippen LogP contribution in [0, 0.1) is 11.3 Å². The van der Waals surface area contributed by atoms with Crippen LogP contribution in [0.25, 0.3) is 0 Å². The number of hydrogen-bond donors (Lipinski definition) is 1. The molecule has 1 aliphatic heterocycles. The van der Waals surface area contributed by atoms with Crippen LogP contribution >= 0.6 is 0 Å². The summed E-state index contributed by atoms with van der Waals surface area (Å²) in [6.07, 6.45) is 2.88. The average Bonchev–Trinajstić information content (AvgIpc) is 2.38. The van der Waals surface area contributed by atoms with Crippen LogP contribution in [0.1, 0.15) is 53.9 Å². The maximum Gasteiger partial charge on any atom is 0.222 e. The highest BCUT2D eigenvalue weighted by Gasteiger charge is 2.26. The number of rotatable bonds is 6. The van der Waals surface area contributed by atoms with E-state index in [0.717, 1.165) is 39.0 Å². The zero-order valence-corrected chi connectivity index (χ0v) is 14.7. The van der Waals surface area contributed by atoms with Gasteiger partial charge in [0.2, 0.25) is 5.91 Å². The largest absolute Gasteiger partial charge is 0.340 e. The summed E-state index contributed by atoms with van der Waals surface area (Å²) < 4.78 is 0. The molecule has 1 rings (SSSR count). The van der Waals surface area contributed by atoms with E-state index in [2.05, 4.69) is 39.5 Å². The van der Waals surface area contributed by atoms with E-state index in [9.17, 15) is 4.79 Å². The van der Waals surface area contributed by atoms with Crippen LogP contribution in [-0.4, -0.2) is 54.5 Å². The first-order valence-electron chi connectivity index (χ1n) is 8.48. The van der Waals surface area contributed by atoms with Gasteiger partial charge in [-0.05, 0) is 24.2 Å². The van der Waals surface area contributed by atoms with Crippen LogP contribution in [0.4, 0.5) is 0 Å². The molecule has 1 heterocycles. The molecule has 0 aromatic rings. The molecule has 0 aromatic heterocycles. The van der Waals surface area contributed by atoms with E-state index in [1.807, 2.05) is 4.90 Å². The van der Waals surface area contributed by atoms with Crippen LogP contribution in [0.5, 0.6) is 0 Å². The molecule has 1 fully saturated rings. The number of piperazine rings is 1. The summed E-state index contributed by atoms with van der Waals surface area (Å²) >= 11 is 0. The fourth-order valence-electron chi connectivity index (χ4n) is 3.46. The predicted octanol–water partition coefficient (Wildman–Crippen LogP) is 2.33. The summed E-state index contributed by atoms with van der Waals surface area (Å²) in [5, 5.41) is 0. The maximum absolute atomic E-state index is 12.4. The molecule has 0 aliphatic carbocycles. The molecular formula is C17H35N3O. The van der Waals surface area contributed by atoms with Gasteiger partial charge in [-0.2, -0.15) is 0 Å². The van der Waals surface area contributed by atoms with E-state index >= 15 is 0 Å². The van der Waals surface area contributed by atoms with Crippen LogP contribution in [-0.2, 0) is 4.79 Å². The minimum Gasteiger partial charge on any atom is -0.340 e. The fraction of sp³-hybridized carbons (Fsp3) is 0.941. The van der Waals surface area contributed by atoms with Crippen LogP contribution < -0.4 is 5.73 Å². The number of amides is 1. The number of nitrogens with zero attached hydrogens (tertiary/aromatic N) is 2. The normalized spacial score (nSPS) is 20.4. The van der Waals surface area contributed by atoms with E-state index < -0.39 is 0 Å². The Morgan fingerprint density at radius 2 is 1.76 bits per heavy atom. The molecule has 4 heteroatoms. The standard InChI is InChI=1S/C17H35N3O/c1-6-15(13-18)19-7-9-20(10-8-19)16(21)11-14(2)12-17(3,4)5/h14-15H,6-13,18H2,1-5H3. The monoisotopic (exact) mass is 297 g/mol. The van der Waals surface area contributed by atoms with Crippen molar-refractivity contribution in [2.75, 3.05) is 32.7 Å². The van der Waals surface area contributed by atoms with Crippen molar-refractivity contribution in [1.82, 2.24) is 9.80 Å². The molecule has 1 aliphatic rings. The summed E-state index contributed by atoms with van der Waals surface area (Å²) in [6.45, 7) is 15.5. The van der Waals surface area contributed by atoms with E-state index in [1.54, 1.807) is 0 Å². The van der Waals surface area contributed by atoms with Crippen molar-refractivity contribution in [3.63, 3.8) is 0 Å². The lowest BCUT2D eigenvalue weighted by atomic mass is 9.84. The molecule has 0 aromatic carbocycles. The van der Waals surface area contributed by atoms with Crippen molar-refractivity contribution in [2.45, 2.75) is 59.9 Å². The van der Waals surface area contributed by atoms with E-state index in [0.29, 0.717) is 36.2 Å². The molecule has 21 heavy (non-hydrogen) atoms. The molecule has 1 saturated heterocycles.